The van der Waals surface area contributed by atoms with Crippen molar-refractivity contribution in [2.75, 3.05) is 18.5 Å². The SMILES string of the molecule is CCc1ccc(-n2nc(C#N)c(NCCO)n2)cc1. The van der Waals surface area contributed by atoms with Gasteiger partial charge in [0.15, 0.2) is 5.82 Å². The number of aliphatic hydroxyl groups is 1. The first-order valence-corrected chi connectivity index (χ1v) is 6.10. The second-order valence-corrected chi connectivity index (χ2v) is 3.97. The highest BCUT2D eigenvalue weighted by atomic mass is 16.3. The lowest BCUT2D eigenvalue weighted by Crippen LogP contribution is -2.07. The Hall–Kier alpha value is -2.39. The first-order chi connectivity index (χ1) is 9.28. The molecule has 98 valence electrons. The van der Waals surface area contributed by atoms with Gasteiger partial charge in [-0.2, -0.15) is 5.26 Å². The van der Waals surface area contributed by atoms with E-state index in [1.54, 1.807) is 0 Å². The monoisotopic (exact) mass is 257 g/mol. The molecule has 1 aromatic carbocycles. The van der Waals surface area contributed by atoms with E-state index in [0.717, 1.165) is 12.1 Å². The topological polar surface area (TPSA) is 86.8 Å². The summed E-state index contributed by atoms with van der Waals surface area (Å²) >= 11 is 0. The van der Waals surface area contributed by atoms with Gasteiger partial charge < -0.3 is 10.4 Å². The smallest absolute Gasteiger partial charge is 0.207 e. The van der Waals surface area contributed by atoms with Gasteiger partial charge in [0.05, 0.1) is 12.3 Å². The van der Waals surface area contributed by atoms with Crippen molar-refractivity contribution in [3.05, 3.63) is 35.5 Å². The number of benzene rings is 1. The zero-order valence-electron chi connectivity index (χ0n) is 10.7. The van der Waals surface area contributed by atoms with Crippen molar-refractivity contribution < 1.29 is 5.11 Å². The Morgan fingerprint density at radius 2 is 2.05 bits per heavy atom. The third kappa shape index (κ3) is 2.89. The number of anilines is 1. The fourth-order valence-corrected chi connectivity index (χ4v) is 1.66. The van der Waals surface area contributed by atoms with Crippen LogP contribution in [-0.4, -0.2) is 33.3 Å². The van der Waals surface area contributed by atoms with E-state index < -0.39 is 0 Å². The lowest BCUT2D eigenvalue weighted by Gasteiger charge is -2.01. The molecule has 0 saturated heterocycles. The molecule has 0 atom stereocenters. The van der Waals surface area contributed by atoms with Gasteiger partial charge in [0.1, 0.15) is 6.07 Å². The molecule has 1 heterocycles. The van der Waals surface area contributed by atoms with Crippen LogP contribution in [0, 0.1) is 11.3 Å². The molecule has 2 aromatic rings. The zero-order chi connectivity index (χ0) is 13.7. The van der Waals surface area contributed by atoms with E-state index in [-0.39, 0.29) is 12.3 Å². The van der Waals surface area contributed by atoms with Crippen LogP contribution in [0.2, 0.25) is 0 Å². The predicted molar refractivity (Wildman–Crippen MR) is 71.0 cm³/mol. The molecule has 0 spiro atoms. The Bertz CT molecular complexity index is 582. The molecule has 0 aliphatic carbocycles. The van der Waals surface area contributed by atoms with E-state index in [2.05, 4.69) is 22.4 Å². The lowest BCUT2D eigenvalue weighted by atomic mass is 10.2. The number of aliphatic hydroxyl groups excluding tert-OH is 1. The van der Waals surface area contributed by atoms with E-state index in [0.29, 0.717) is 12.4 Å². The number of hydrogen-bond acceptors (Lipinski definition) is 5. The first kappa shape index (κ1) is 13.1. The second-order valence-electron chi connectivity index (χ2n) is 3.97. The summed E-state index contributed by atoms with van der Waals surface area (Å²) in [6.07, 6.45) is 0.972. The molecule has 0 saturated carbocycles. The quantitative estimate of drug-likeness (QED) is 0.837. The normalized spacial score (nSPS) is 10.2. The Labute approximate surface area is 111 Å². The van der Waals surface area contributed by atoms with Crippen molar-refractivity contribution in [1.29, 1.82) is 5.26 Å². The van der Waals surface area contributed by atoms with Crippen LogP contribution in [0.1, 0.15) is 18.2 Å². The standard InChI is InChI=1S/C13H15N5O/c1-2-10-3-5-11(6-4-10)18-16-12(9-14)13(17-18)15-7-8-19/h3-6,19H,2,7-8H2,1H3,(H,15,17). The van der Waals surface area contributed by atoms with E-state index in [1.165, 1.54) is 10.4 Å². The second kappa shape index (κ2) is 5.98. The molecule has 0 unspecified atom stereocenters. The van der Waals surface area contributed by atoms with Gasteiger partial charge in [0.2, 0.25) is 5.69 Å². The molecule has 19 heavy (non-hydrogen) atoms. The van der Waals surface area contributed by atoms with Gasteiger partial charge in [-0.15, -0.1) is 15.0 Å². The average Bonchev–Trinajstić information content (AvgIpc) is 2.88. The summed E-state index contributed by atoms with van der Waals surface area (Å²) in [6, 6.07) is 9.81. The molecule has 6 nitrogen and oxygen atoms in total. The van der Waals surface area contributed by atoms with Crippen LogP contribution in [0.4, 0.5) is 5.82 Å². The highest BCUT2D eigenvalue weighted by Gasteiger charge is 2.10. The number of aryl methyl sites for hydroxylation is 1. The molecule has 0 aliphatic heterocycles. The Kier molecular flexibility index (Phi) is 4.11. The minimum atomic E-state index is -0.0249. The molecule has 0 fully saturated rings. The van der Waals surface area contributed by atoms with Crippen LogP contribution in [0.15, 0.2) is 24.3 Å². The predicted octanol–water partition coefficient (Wildman–Crippen LogP) is 1.11. The number of nitrogens with one attached hydrogen (secondary N) is 1. The molecular formula is C13H15N5O. The minimum Gasteiger partial charge on any atom is -0.395 e. The van der Waals surface area contributed by atoms with Crippen molar-refractivity contribution in [2.24, 2.45) is 0 Å². The molecule has 0 amide bonds. The van der Waals surface area contributed by atoms with E-state index in [9.17, 15) is 0 Å². The number of aromatic nitrogens is 3. The van der Waals surface area contributed by atoms with Crippen LogP contribution in [0.5, 0.6) is 0 Å². The summed E-state index contributed by atoms with van der Waals surface area (Å²) in [4.78, 5) is 1.41. The maximum absolute atomic E-state index is 8.99. The Morgan fingerprint density at radius 3 is 2.63 bits per heavy atom. The van der Waals surface area contributed by atoms with E-state index in [1.807, 2.05) is 30.3 Å². The van der Waals surface area contributed by atoms with Crippen molar-refractivity contribution in [2.45, 2.75) is 13.3 Å². The number of nitriles is 1. The summed E-state index contributed by atoms with van der Waals surface area (Å²) in [7, 11) is 0. The first-order valence-electron chi connectivity index (χ1n) is 6.10. The largest absolute Gasteiger partial charge is 0.395 e. The maximum Gasteiger partial charge on any atom is 0.207 e. The van der Waals surface area contributed by atoms with Gasteiger partial charge in [-0.25, -0.2) is 0 Å². The zero-order valence-corrected chi connectivity index (χ0v) is 10.7. The van der Waals surface area contributed by atoms with Crippen LogP contribution >= 0.6 is 0 Å². The molecule has 1 aromatic heterocycles. The van der Waals surface area contributed by atoms with Crippen LogP contribution in [0.25, 0.3) is 5.69 Å². The van der Waals surface area contributed by atoms with E-state index in [4.69, 9.17) is 10.4 Å². The van der Waals surface area contributed by atoms with Crippen LogP contribution in [-0.2, 0) is 6.42 Å². The molecule has 2 rings (SSSR count). The molecule has 2 N–H and O–H groups in total. The summed E-state index contributed by atoms with van der Waals surface area (Å²) in [5, 5.41) is 28.9. The summed E-state index contributed by atoms with van der Waals surface area (Å²) in [6.45, 7) is 2.40. The highest BCUT2D eigenvalue weighted by Crippen LogP contribution is 2.13. The molecule has 0 aliphatic rings. The lowest BCUT2D eigenvalue weighted by molar-refractivity contribution is 0.311. The van der Waals surface area contributed by atoms with Crippen molar-refractivity contribution >= 4 is 5.82 Å². The van der Waals surface area contributed by atoms with Gasteiger partial charge in [0.25, 0.3) is 0 Å². The van der Waals surface area contributed by atoms with Gasteiger partial charge >= 0.3 is 0 Å². The number of hydrogen-bond donors (Lipinski definition) is 2. The fourth-order valence-electron chi connectivity index (χ4n) is 1.66. The van der Waals surface area contributed by atoms with Crippen molar-refractivity contribution in [3.63, 3.8) is 0 Å². The molecule has 6 heteroatoms. The summed E-state index contributed by atoms with van der Waals surface area (Å²) < 4.78 is 0. The molecular weight excluding hydrogens is 242 g/mol. The van der Waals surface area contributed by atoms with Crippen LogP contribution < -0.4 is 5.32 Å². The summed E-state index contributed by atoms with van der Waals surface area (Å²) in [5.41, 5.74) is 2.24. The third-order valence-corrected chi connectivity index (χ3v) is 2.70. The maximum atomic E-state index is 8.99. The number of rotatable bonds is 5. The molecule has 0 bridgehead atoms. The van der Waals surface area contributed by atoms with E-state index >= 15 is 0 Å². The third-order valence-electron chi connectivity index (χ3n) is 2.70. The Morgan fingerprint density at radius 1 is 1.32 bits per heavy atom. The molecule has 0 radical (unpaired) electrons. The van der Waals surface area contributed by atoms with Gasteiger partial charge in [-0.1, -0.05) is 19.1 Å². The minimum absolute atomic E-state index is 0.0249. The van der Waals surface area contributed by atoms with Crippen LogP contribution in [0.3, 0.4) is 0 Å². The summed E-state index contributed by atoms with van der Waals surface area (Å²) in [5.74, 6) is 0.385. The number of nitrogens with zero attached hydrogens (tertiary/aromatic N) is 4. The van der Waals surface area contributed by atoms with Gasteiger partial charge in [-0.3, -0.25) is 0 Å². The average molecular weight is 257 g/mol. The van der Waals surface area contributed by atoms with Gasteiger partial charge in [0, 0.05) is 6.54 Å². The van der Waals surface area contributed by atoms with Gasteiger partial charge in [-0.05, 0) is 24.1 Å². The fraction of sp³-hybridized carbons (Fsp3) is 0.308. The van der Waals surface area contributed by atoms with Crippen molar-refractivity contribution in [3.8, 4) is 11.8 Å². The highest BCUT2D eigenvalue weighted by molar-refractivity contribution is 5.47. The van der Waals surface area contributed by atoms with Crippen molar-refractivity contribution in [1.82, 2.24) is 15.0 Å². The Balaban J connectivity index is 2.29.